The van der Waals surface area contributed by atoms with Crippen molar-refractivity contribution in [3.8, 4) is 0 Å². The average molecular weight is 528 g/mol. The minimum Gasteiger partial charge on any atom is -0.481 e. The van der Waals surface area contributed by atoms with Crippen molar-refractivity contribution in [1.29, 1.82) is 0 Å². The number of urea groups is 1. The van der Waals surface area contributed by atoms with Crippen LogP contribution >= 0.6 is 11.6 Å². The number of piperidine rings is 1. The van der Waals surface area contributed by atoms with Gasteiger partial charge >= 0.3 is 18.0 Å². The Kier molecular flexibility index (Phi) is 6.24. The molecule has 0 unspecified atom stereocenters. The fraction of sp³-hybridized carbons (Fsp3) is 0.280. The third-order valence-corrected chi connectivity index (χ3v) is 7.12. The van der Waals surface area contributed by atoms with E-state index in [9.17, 15) is 23.6 Å². The van der Waals surface area contributed by atoms with E-state index >= 15 is 0 Å². The number of fused-ring (bicyclic) bond motifs is 2. The molecule has 2 aliphatic rings. The fourth-order valence-electron chi connectivity index (χ4n) is 4.99. The lowest BCUT2D eigenvalue weighted by Gasteiger charge is -2.27. The molecule has 1 aliphatic heterocycles. The summed E-state index contributed by atoms with van der Waals surface area (Å²) >= 11 is 5.81. The summed E-state index contributed by atoms with van der Waals surface area (Å²) in [5, 5.41) is 15.0. The van der Waals surface area contributed by atoms with Gasteiger partial charge in [0.15, 0.2) is 0 Å². The molecule has 2 fully saturated rings. The molecule has 3 atom stereocenters. The molecule has 2 aromatic carbocycles. The number of primary amides is 1. The molecule has 1 saturated carbocycles. The Morgan fingerprint density at radius 2 is 1.95 bits per heavy atom. The van der Waals surface area contributed by atoms with Crippen molar-refractivity contribution in [3.63, 3.8) is 0 Å². The molecule has 192 valence electrons. The van der Waals surface area contributed by atoms with E-state index < -0.39 is 35.8 Å². The topological polar surface area (TPSA) is 147 Å². The van der Waals surface area contributed by atoms with Gasteiger partial charge in [-0.3, -0.25) is 14.2 Å². The average Bonchev–Trinajstić information content (AvgIpc) is 3.35. The Morgan fingerprint density at radius 3 is 2.68 bits per heavy atom. The Labute approximate surface area is 215 Å². The number of carbonyl (C=O) groups is 4. The van der Waals surface area contributed by atoms with Crippen LogP contribution in [0.5, 0.6) is 0 Å². The first-order valence-corrected chi connectivity index (χ1v) is 12.0. The summed E-state index contributed by atoms with van der Waals surface area (Å²) in [7, 11) is 0. The molecule has 1 saturated heterocycles. The number of nitrogens with one attached hydrogen (secondary N) is 2. The van der Waals surface area contributed by atoms with E-state index in [2.05, 4.69) is 10.6 Å². The van der Waals surface area contributed by atoms with Crippen molar-refractivity contribution < 1.29 is 28.7 Å². The van der Waals surface area contributed by atoms with Crippen LogP contribution in [0.4, 0.5) is 19.7 Å². The quantitative estimate of drug-likeness (QED) is 0.388. The molecule has 10 nitrogen and oxygen atoms in total. The Morgan fingerprint density at radius 1 is 1.16 bits per heavy atom. The molecule has 4 amide bonds. The molecule has 1 aliphatic carbocycles. The predicted octanol–water partition coefficient (Wildman–Crippen LogP) is 3.30. The van der Waals surface area contributed by atoms with Crippen LogP contribution in [0.3, 0.4) is 0 Å². The number of nitrogens with two attached hydrogens (primary N) is 1. The van der Waals surface area contributed by atoms with Gasteiger partial charge in [0.25, 0.3) is 0 Å². The van der Waals surface area contributed by atoms with Crippen LogP contribution in [-0.4, -0.2) is 50.6 Å². The molecule has 0 bridgehead atoms. The van der Waals surface area contributed by atoms with E-state index in [4.69, 9.17) is 22.4 Å². The Balaban J connectivity index is 1.34. The zero-order valence-electron chi connectivity index (χ0n) is 19.4. The summed E-state index contributed by atoms with van der Waals surface area (Å²) in [6.07, 6.45) is 2.40. The van der Waals surface area contributed by atoms with Crippen LogP contribution in [0.15, 0.2) is 42.6 Å². The minimum absolute atomic E-state index is 0.0416. The van der Waals surface area contributed by atoms with Crippen LogP contribution < -0.4 is 16.4 Å². The molecule has 37 heavy (non-hydrogen) atoms. The van der Waals surface area contributed by atoms with E-state index in [0.29, 0.717) is 28.6 Å². The van der Waals surface area contributed by atoms with Crippen molar-refractivity contribution >= 4 is 52.1 Å². The van der Waals surface area contributed by atoms with Crippen molar-refractivity contribution in [2.75, 3.05) is 5.32 Å². The number of aliphatic carboxylic acids is 1. The highest BCUT2D eigenvalue weighted by Crippen LogP contribution is 2.48. The van der Waals surface area contributed by atoms with Gasteiger partial charge in [-0.2, -0.15) is 0 Å². The minimum atomic E-state index is -1.03. The number of carbonyl (C=O) groups excluding carboxylic acids is 3. The lowest BCUT2D eigenvalue weighted by Crippen LogP contribution is -2.49. The van der Waals surface area contributed by atoms with E-state index in [1.807, 2.05) is 0 Å². The standard InChI is InChI=1S/C25H23ClFN5O5/c26-16-3-1-2-13(22(16)27)10-29-23(35)20-9-14-8-18(14)32(20)25(37)30-17-11-31(24(28)36)19-6-12(7-21(33)34)4-5-15(17)19/h1-6,11,14,18,20H,7-10H2,(H2,28,36)(H,29,35)(H,30,37)(H,33,34)/t14-,18-,20+/m1/s1. The van der Waals surface area contributed by atoms with Gasteiger partial charge in [0, 0.05) is 29.7 Å². The second-order valence-corrected chi connectivity index (χ2v) is 9.66. The summed E-state index contributed by atoms with van der Waals surface area (Å²) in [5.41, 5.74) is 6.84. The molecular weight excluding hydrogens is 505 g/mol. The number of nitrogens with zero attached hydrogens (tertiary/aromatic N) is 2. The van der Waals surface area contributed by atoms with Gasteiger partial charge in [-0.25, -0.2) is 14.0 Å². The number of hydrogen-bond donors (Lipinski definition) is 4. The molecule has 0 spiro atoms. The highest BCUT2D eigenvalue weighted by Gasteiger charge is 2.56. The number of rotatable bonds is 6. The third kappa shape index (κ3) is 4.69. The summed E-state index contributed by atoms with van der Waals surface area (Å²) in [6, 6.07) is 7.11. The number of benzene rings is 2. The first kappa shape index (κ1) is 24.6. The zero-order valence-corrected chi connectivity index (χ0v) is 20.2. The molecular formula is C25H23ClFN5O5. The van der Waals surface area contributed by atoms with Gasteiger partial charge in [0.05, 0.1) is 22.6 Å². The molecule has 3 aromatic rings. The van der Waals surface area contributed by atoms with Crippen molar-refractivity contribution in [2.45, 2.75) is 37.9 Å². The maximum Gasteiger partial charge on any atom is 0.323 e. The lowest BCUT2D eigenvalue weighted by atomic mass is 10.1. The Bertz CT molecular complexity index is 1460. The maximum absolute atomic E-state index is 14.2. The number of anilines is 1. The van der Waals surface area contributed by atoms with Crippen LogP contribution in [0.25, 0.3) is 10.9 Å². The number of likely N-dealkylation sites (tertiary alicyclic amines) is 1. The van der Waals surface area contributed by atoms with Crippen molar-refractivity contribution in [2.24, 2.45) is 11.7 Å². The number of aromatic nitrogens is 1. The monoisotopic (exact) mass is 527 g/mol. The van der Waals surface area contributed by atoms with Crippen LogP contribution in [0.1, 0.15) is 24.0 Å². The summed E-state index contributed by atoms with van der Waals surface area (Å²) in [5.74, 6) is -1.83. The first-order valence-electron chi connectivity index (χ1n) is 11.6. The van der Waals surface area contributed by atoms with E-state index in [-0.39, 0.29) is 35.5 Å². The van der Waals surface area contributed by atoms with E-state index in [1.54, 1.807) is 18.2 Å². The summed E-state index contributed by atoms with van der Waals surface area (Å²) in [6.45, 7) is -0.0721. The Hall–Kier alpha value is -4.12. The number of halogens is 2. The van der Waals surface area contributed by atoms with Crippen LogP contribution in [0, 0.1) is 11.7 Å². The van der Waals surface area contributed by atoms with Gasteiger partial charge in [-0.15, -0.1) is 0 Å². The fourth-order valence-corrected chi connectivity index (χ4v) is 5.18. The molecule has 2 heterocycles. The van der Waals surface area contributed by atoms with Crippen LogP contribution in [-0.2, 0) is 22.6 Å². The largest absolute Gasteiger partial charge is 0.481 e. The van der Waals surface area contributed by atoms with E-state index in [1.165, 1.54) is 29.3 Å². The van der Waals surface area contributed by atoms with Gasteiger partial charge in [-0.05, 0) is 36.5 Å². The number of carboxylic acid groups (broad SMARTS) is 1. The molecule has 5 rings (SSSR count). The maximum atomic E-state index is 14.2. The summed E-state index contributed by atoms with van der Waals surface area (Å²) < 4.78 is 15.3. The predicted molar refractivity (Wildman–Crippen MR) is 133 cm³/mol. The van der Waals surface area contributed by atoms with E-state index in [0.717, 1.165) is 11.0 Å². The smallest absolute Gasteiger partial charge is 0.323 e. The lowest BCUT2D eigenvalue weighted by molar-refractivity contribution is -0.136. The van der Waals surface area contributed by atoms with Crippen molar-refractivity contribution in [3.05, 3.63) is 64.6 Å². The first-order chi connectivity index (χ1) is 17.6. The normalized spacial score (nSPS) is 19.9. The molecule has 12 heteroatoms. The van der Waals surface area contributed by atoms with Gasteiger partial charge in [0.2, 0.25) is 5.91 Å². The van der Waals surface area contributed by atoms with Crippen molar-refractivity contribution in [1.82, 2.24) is 14.8 Å². The zero-order chi connectivity index (χ0) is 26.4. The number of hydrogen-bond acceptors (Lipinski definition) is 4. The second-order valence-electron chi connectivity index (χ2n) is 9.26. The second kappa shape index (κ2) is 9.40. The van der Waals surface area contributed by atoms with Gasteiger partial charge in [0.1, 0.15) is 11.9 Å². The SMILES string of the molecule is NC(=O)n1cc(NC(=O)N2[C@@H]3C[C@@H]3C[C@H]2C(=O)NCc2cccc(Cl)c2F)c2ccc(CC(=O)O)cc21. The van der Waals surface area contributed by atoms with Crippen LogP contribution in [0.2, 0.25) is 5.02 Å². The highest BCUT2D eigenvalue weighted by atomic mass is 35.5. The molecule has 0 radical (unpaired) electrons. The third-order valence-electron chi connectivity index (χ3n) is 6.83. The number of amides is 4. The molecule has 5 N–H and O–H groups in total. The highest BCUT2D eigenvalue weighted by molar-refractivity contribution is 6.30. The van der Waals surface area contributed by atoms with Gasteiger partial charge in [-0.1, -0.05) is 35.9 Å². The number of carboxylic acids is 1. The summed E-state index contributed by atoms with van der Waals surface area (Å²) in [4.78, 5) is 50.9. The van der Waals surface area contributed by atoms with Gasteiger partial charge < -0.3 is 26.4 Å². The molecule has 1 aromatic heterocycles.